The summed E-state index contributed by atoms with van der Waals surface area (Å²) in [5, 5.41) is 11.2. The van der Waals surface area contributed by atoms with Crippen LogP contribution in [0, 0.1) is 0 Å². The number of amides is 1. The Labute approximate surface area is 206 Å². The average Bonchev–Trinajstić information content (AvgIpc) is 3.14. The van der Waals surface area contributed by atoms with Crippen LogP contribution in [0.15, 0.2) is 54.1 Å². The summed E-state index contributed by atoms with van der Waals surface area (Å²) in [6, 6.07) is 14.2. The molecule has 0 radical (unpaired) electrons. The van der Waals surface area contributed by atoms with E-state index in [9.17, 15) is 14.7 Å². The zero-order valence-corrected chi connectivity index (χ0v) is 20.7. The van der Waals surface area contributed by atoms with Gasteiger partial charge >= 0.3 is 0 Å². The highest BCUT2D eigenvalue weighted by molar-refractivity contribution is 6.46. The van der Waals surface area contributed by atoms with Gasteiger partial charge in [-0.25, -0.2) is 0 Å². The van der Waals surface area contributed by atoms with E-state index in [0.717, 1.165) is 31.6 Å². The monoisotopic (exact) mass is 478 g/mol. The van der Waals surface area contributed by atoms with Crippen LogP contribution in [0.2, 0.25) is 0 Å². The molecule has 0 saturated carbocycles. The van der Waals surface area contributed by atoms with Crippen LogP contribution in [0.4, 0.5) is 0 Å². The first kappa shape index (κ1) is 24.9. The number of Topliss-reactive ketones (excluding diaryl/α,β-unsaturated/α-hetero) is 1. The topological polar surface area (TPSA) is 79.3 Å². The SMILES string of the molecule is COc1ccc(/C(O)=C2\C(=O)C(=O)N(CCCN3CCOCC3)C2c2ccc(C(C)C)cc2)cc1. The minimum Gasteiger partial charge on any atom is -0.507 e. The quantitative estimate of drug-likeness (QED) is 0.352. The number of nitrogens with zero attached hydrogens (tertiary/aromatic N) is 2. The fourth-order valence-electron chi connectivity index (χ4n) is 4.71. The molecule has 2 aliphatic rings. The van der Waals surface area contributed by atoms with Crippen LogP contribution in [-0.4, -0.2) is 73.1 Å². The van der Waals surface area contributed by atoms with Gasteiger partial charge in [0, 0.05) is 31.7 Å². The number of aliphatic hydroxyl groups is 1. The Morgan fingerprint density at radius 2 is 1.69 bits per heavy atom. The van der Waals surface area contributed by atoms with E-state index in [1.165, 1.54) is 5.56 Å². The first-order valence-corrected chi connectivity index (χ1v) is 12.2. The number of hydrogen-bond donors (Lipinski definition) is 1. The number of likely N-dealkylation sites (tertiary alicyclic amines) is 1. The summed E-state index contributed by atoms with van der Waals surface area (Å²) in [6.45, 7) is 8.67. The van der Waals surface area contributed by atoms with Gasteiger partial charge in [0.1, 0.15) is 11.5 Å². The standard InChI is InChI=1S/C28H34N2O5/c1-19(2)20-5-7-21(8-6-20)25-24(26(31)22-9-11-23(34-3)12-10-22)27(32)28(33)30(25)14-4-13-29-15-17-35-18-16-29/h5-12,19,25,31H,4,13-18H2,1-3H3/b26-24+. The molecule has 2 fully saturated rings. The lowest BCUT2D eigenvalue weighted by molar-refractivity contribution is -0.140. The van der Waals surface area contributed by atoms with Crippen LogP contribution in [0.3, 0.4) is 0 Å². The largest absolute Gasteiger partial charge is 0.507 e. The highest BCUT2D eigenvalue weighted by Gasteiger charge is 2.45. The van der Waals surface area contributed by atoms with Gasteiger partial charge in [-0.2, -0.15) is 0 Å². The Hall–Kier alpha value is -3.16. The molecule has 1 unspecified atom stereocenters. The lowest BCUT2D eigenvalue weighted by atomic mass is 9.93. The van der Waals surface area contributed by atoms with Crippen molar-refractivity contribution in [2.24, 2.45) is 0 Å². The van der Waals surface area contributed by atoms with Crippen molar-refractivity contribution in [2.45, 2.75) is 32.2 Å². The van der Waals surface area contributed by atoms with E-state index in [1.807, 2.05) is 24.3 Å². The molecule has 2 aliphatic heterocycles. The second kappa shape index (κ2) is 11.1. The van der Waals surface area contributed by atoms with Gasteiger partial charge in [0.2, 0.25) is 0 Å². The first-order valence-electron chi connectivity index (χ1n) is 12.2. The molecule has 4 rings (SSSR count). The highest BCUT2D eigenvalue weighted by Crippen LogP contribution is 2.40. The molecule has 2 aromatic carbocycles. The van der Waals surface area contributed by atoms with E-state index in [1.54, 1.807) is 36.3 Å². The summed E-state index contributed by atoms with van der Waals surface area (Å²) in [5.41, 5.74) is 2.59. The van der Waals surface area contributed by atoms with Gasteiger partial charge in [-0.15, -0.1) is 0 Å². The third-order valence-corrected chi connectivity index (χ3v) is 6.80. The zero-order valence-electron chi connectivity index (χ0n) is 20.7. The lowest BCUT2D eigenvalue weighted by Gasteiger charge is -2.29. The number of carbonyl (C=O) groups excluding carboxylic acids is 2. The Morgan fingerprint density at radius 3 is 2.29 bits per heavy atom. The lowest BCUT2D eigenvalue weighted by Crippen LogP contribution is -2.38. The minimum absolute atomic E-state index is 0.129. The van der Waals surface area contributed by atoms with Crippen molar-refractivity contribution in [2.75, 3.05) is 46.5 Å². The van der Waals surface area contributed by atoms with E-state index in [2.05, 4.69) is 18.7 Å². The maximum absolute atomic E-state index is 13.2. The summed E-state index contributed by atoms with van der Waals surface area (Å²) in [6.07, 6.45) is 0.732. The van der Waals surface area contributed by atoms with Crippen molar-refractivity contribution in [3.8, 4) is 5.75 Å². The molecular formula is C28H34N2O5. The van der Waals surface area contributed by atoms with E-state index in [0.29, 0.717) is 37.0 Å². The van der Waals surface area contributed by atoms with Gasteiger partial charge in [0.25, 0.3) is 11.7 Å². The maximum atomic E-state index is 13.2. The molecule has 1 amide bonds. The number of rotatable bonds is 8. The Morgan fingerprint density at radius 1 is 1.03 bits per heavy atom. The molecule has 7 heteroatoms. The smallest absolute Gasteiger partial charge is 0.295 e. The van der Waals surface area contributed by atoms with Crippen molar-refractivity contribution in [1.82, 2.24) is 9.80 Å². The van der Waals surface area contributed by atoms with E-state index < -0.39 is 17.7 Å². The van der Waals surface area contributed by atoms with Crippen LogP contribution in [0.5, 0.6) is 5.75 Å². The maximum Gasteiger partial charge on any atom is 0.295 e. The fraction of sp³-hybridized carbons (Fsp3) is 0.429. The third-order valence-electron chi connectivity index (χ3n) is 6.80. The first-order chi connectivity index (χ1) is 16.9. The summed E-state index contributed by atoms with van der Waals surface area (Å²) in [5.74, 6) is -0.378. The van der Waals surface area contributed by atoms with E-state index in [4.69, 9.17) is 9.47 Å². The summed E-state index contributed by atoms with van der Waals surface area (Å²) >= 11 is 0. The van der Waals surface area contributed by atoms with Crippen molar-refractivity contribution < 1.29 is 24.2 Å². The van der Waals surface area contributed by atoms with E-state index >= 15 is 0 Å². The molecular weight excluding hydrogens is 444 g/mol. The normalized spacial score (nSPS) is 20.6. The Balaban J connectivity index is 1.67. The predicted octanol–water partition coefficient (Wildman–Crippen LogP) is 3.96. The summed E-state index contributed by atoms with van der Waals surface area (Å²) < 4.78 is 10.6. The predicted molar refractivity (Wildman–Crippen MR) is 134 cm³/mol. The molecule has 35 heavy (non-hydrogen) atoms. The number of ketones is 1. The average molecular weight is 479 g/mol. The van der Waals surface area contributed by atoms with Crippen molar-refractivity contribution in [1.29, 1.82) is 0 Å². The molecule has 0 aromatic heterocycles. The van der Waals surface area contributed by atoms with Crippen molar-refractivity contribution in [3.05, 3.63) is 70.8 Å². The summed E-state index contributed by atoms with van der Waals surface area (Å²) in [7, 11) is 1.57. The number of ether oxygens (including phenoxy) is 2. The second-order valence-corrected chi connectivity index (χ2v) is 9.35. The zero-order chi connectivity index (χ0) is 24.9. The summed E-state index contributed by atoms with van der Waals surface area (Å²) in [4.78, 5) is 30.3. The third kappa shape index (κ3) is 5.41. The number of benzene rings is 2. The van der Waals surface area contributed by atoms with E-state index in [-0.39, 0.29) is 11.3 Å². The van der Waals surface area contributed by atoms with Crippen molar-refractivity contribution >= 4 is 17.4 Å². The van der Waals surface area contributed by atoms with Gasteiger partial charge < -0.3 is 19.5 Å². The van der Waals surface area contributed by atoms with Crippen LogP contribution in [0.1, 0.15) is 48.9 Å². The number of methoxy groups -OCH3 is 1. The Bertz CT molecular complexity index is 1070. The number of aliphatic hydroxyl groups excluding tert-OH is 1. The van der Waals surface area contributed by atoms with Gasteiger partial charge in [0.15, 0.2) is 0 Å². The molecule has 2 heterocycles. The number of morpholine rings is 1. The Kier molecular flexibility index (Phi) is 7.88. The minimum atomic E-state index is -0.650. The van der Waals surface area contributed by atoms with Crippen LogP contribution >= 0.6 is 0 Å². The van der Waals surface area contributed by atoms with Gasteiger partial charge in [-0.1, -0.05) is 38.1 Å². The fourth-order valence-corrected chi connectivity index (χ4v) is 4.71. The number of carbonyl (C=O) groups is 2. The molecule has 7 nitrogen and oxygen atoms in total. The van der Waals surface area contributed by atoms with Gasteiger partial charge in [0.05, 0.1) is 31.9 Å². The van der Waals surface area contributed by atoms with Crippen molar-refractivity contribution in [3.63, 3.8) is 0 Å². The molecule has 186 valence electrons. The van der Waals surface area contributed by atoms with Crippen LogP contribution < -0.4 is 4.74 Å². The van der Waals surface area contributed by atoms with Gasteiger partial charge in [-0.3, -0.25) is 14.5 Å². The second-order valence-electron chi connectivity index (χ2n) is 9.35. The number of hydrogen-bond acceptors (Lipinski definition) is 6. The molecule has 2 saturated heterocycles. The molecule has 2 aromatic rings. The molecule has 1 N–H and O–H groups in total. The van der Waals surface area contributed by atoms with Crippen LogP contribution in [-0.2, 0) is 14.3 Å². The highest BCUT2D eigenvalue weighted by atomic mass is 16.5. The van der Waals surface area contributed by atoms with Crippen LogP contribution in [0.25, 0.3) is 5.76 Å². The molecule has 1 atom stereocenters. The van der Waals surface area contributed by atoms with Gasteiger partial charge in [-0.05, 0) is 47.7 Å². The molecule has 0 aliphatic carbocycles. The molecule has 0 spiro atoms. The molecule has 0 bridgehead atoms.